The highest BCUT2D eigenvalue weighted by atomic mass is 32.2. The summed E-state index contributed by atoms with van der Waals surface area (Å²) in [5.41, 5.74) is 4.95. The van der Waals surface area contributed by atoms with Gasteiger partial charge in [0.05, 0.1) is 17.1 Å². The van der Waals surface area contributed by atoms with Crippen molar-refractivity contribution in [1.29, 1.82) is 0 Å². The largest absolute Gasteiger partial charge is 0.416 e. The molecule has 1 saturated carbocycles. The molecule has 0 amide bonds. The van der Waals surface area contributed by atoms with E-state index in [0.29, 0.717) is 18.7 Å². The smallest absolute Gasteiger partial charge is 0.381 e. The summed E-state index contributed by atoms with van der Waals surface area (Å²) in [6.07, 6.45) is -4.71. The molecule has 2 N–H and O–H groups in total. The standard InChI is InChI=1S/C25H32F5NO3SSi/c1-36(2,3)13-12-34-16-17-15-24(11-10-23(17)31,21-14-19(26)6-9-22(21)27)35(32,33)20-7-4-18(5-8-20)25(28,29)30/h4-9,14,17,23H,10-13,15-16,31H2,1-3H3/t17-,23-,24+/m0/s1. The van der Waals surface area contributed by atoms with Crippen molar-refractivity contribution < 1.29 is 35.1 Å². The van der Waals surface area contributed by atoms with Gasteiger partial charge in [-0.2, -0.15) is 13.2 Å². The van der Waals surface area contributed by atoms with Gasteiger partial charge in [0.15, 0.2) is 9.84 Å². The lowest BCUT2D eigenvalue weighted by Crippen LogP contribution is -2.49. The van der Waals surface area contributed by atoms with Crippen molar-refractivity contribution in [2.45, 2.75) is 66.8 Å². The van der Waals surface area contributed by atoms with E-state index in [2.05, 4.69) is 19.6 Å². The third-order valence-corrected chi connectivity index (χ3v) is 11.0. The van der Waals surface area contributed by atoms with E-state index in [-0.39, 0.29) is 31.4 Å². The van der Waals surface area contributed by atoms with E-state index in [1.807, 2.05) is 0 Å². The second kappa shape index (κ2) is 10.5. The number of nitrogens with two attached hydrogens (primary N) is 1. The number of benzene rings is 2. The number of halogens is 5. The highest BCUT2D eigenvalue weighted by molar-refractivity contribution is 7.92. The summed E-state index contributed by atoms with van der Waals surface area (Å²) in [4.78, 5) is -0.395. The molecule has 0 unspecified atom stereocenters. The van der Waals surface area contributed by atoms with Crippen molar-refractivity contribution in [3.63, 3.8) is 0 Å². The fourth-order valence-corrected chi connectivity index (χ4v) is 7.61. The molecule has 11 heteroatoms. The van der Waals surface area contributed by atoms with Gasteiger partial charge in [0.25, 0.3) is 0 Å². The Morgan fingerprint density at radius 3 is 2.31 bits per heavy atom. The molecule has 0 spiro atoms. The molecular weight excluding hydrogens is 517 g/mol. The molecule has 200 valence electrons. The average Bonchev–Trinajstić information content (AvgIpc) is 2.78. The molecule has 4 nitrogen and oxygen atoms in total. The van der Waals surface area contributed by atoms with E-state index in [9.17, 15) is 26.0 Å². The molecule has 2 aromatic rings. The van der Waals surface area contributed by atoms with Crippen molar-refractivity contribution >= 4 is 17.9 Å². The Morgan fingerprint density at radius 2 is 1.72 bits per heavy atom. The Bertz CT molecular complexity index is 1170. The summed E-state index contributed by atoms with van der Waals surface area (Å²) in [6.45, 7) is 7.20. The van der Waals surface area contributed by atoms with Crippen LogP contribution in [0.5, 0.6) is 0 Å². The molecule has 36 heavy (non-hydrogen) atoms. The van der Waals surface area contributed by atoms with Crippen molar-refractivity contribution in [2.24, 2.45) is 11.7 Å². The summed E-state index contributed by atoms with van der Waals surface area (Å²) < 4.78 is 100. The highest BCUT2D eigenvalue weighted by Crippen LogP contribution is 2.49. The van der Waals surface area contributed by atoms with E-state index in [0.717, 1.165) is 36.4 Å². The number of alkyl halides is 3. The Hall–Kier alpha value is -1.82. The van der Waals surface area contributed by atoms with Gasteiger partial charge in [-0.25, -0.2) is 17.2 Å². The topological polar surface area (TPSA) is 69.4 Å². The molecule has 1 fully saturated rings. The van der Waals surface area contributed by atoms with Gasteiger partial charge in [0.2, 0.25) is 0 Å². The van der Waals surface area contributed by atoms with Crippen LogP contribution in [0.4, 0.5) is 22.0 Å². The van der Waals surface area contributed by atoms with Gasteiger partial charge < -0.3 is 10.5 Å². The Morgan fingerprint density at radius 1 is 1.08 bits per heavy atom. The molecule has 3 rings (SSSR count). The Kier molecular flexibility index (Phi) is 8.39. The van der Waals surface area contributed by atoms with Gasteiger partial charge >= 0.3 is 6.18 Å². The minimum absolute atomic E-state index is 0.108. The molecule has 3 atom stereocenters. The van der Waals surface area contributed by atoms with Crippen molar-refractivity contribution in [1.82, 2.24) is 0 Å². The maximum Gasteiger partial charge on any atom is 0.416 e. The zero-order chi connectivity index (χ0) is 26.9. The fourth-order valence-electron chi connectivity index (χ4n) is 4.64. The lowest BCUT2D eigenvalue weighted by Gasteiger charge is -2.43. The molecule has 0 heterocycles. The minimum Gasteiger partial charge on any atom is -0.381 e. The second-order valence-electron chi connectivity index (χ2n) is 10.7. The zero-order valence-electron chi connectivity index (χ0n) is 20.5. The predicted octanol–water partition coefficient (Wildman–Crippen LogP) is 6.14. The summed E-state index contributed by atoms with van der Waals surface area (Å²) in [6, 6.07) is 6.16. The van der Waals surface area contributed by atoms with Gasteiger partial charge in [-0.3, -0.25) is 0 Å². The van der Waals surface area contributed by atoms with Crippen LogP contribution in [-0.2, 0) is 25.5 Å². The molecule has 1 aliphatic rings. The fraction of sp³-hybridized carbons (Fsp3) is 0.520. The molecule has 2 aromatic carbocycles. The zero-order valence-corrected chi connectivity index (χ0v) is 22.4. The molecule has 0 aromatic heterocycles. The van der Waals surface area contributed by atoms with E-state index < -0.39 is 62.9 Å². The quantitative estimate of drug-likeness (QED) is 0.244. The third-order valence-electron chi connectivity index (χ3n) is 6.83. The highest BCUT2D eigenvalue weighted by Gasteiger charge is 2.52. The van der Waals surface area contributed by atoms with Gasteiger partial charge in [0, 0.05) is 26.3 Å². The first-order chi connectivity index (χ1) is 16.6. The first-order valence-electron chi connectivity index (χ1n) is 11.8. The van der Waals surface area contributed by atoms with E-state index in [1.165, 1.54) is 0 Å². The molecule has 0 bridgehead atoms. The first-order valence-corrected chi connectivity index (χ1v) is 17.0. The summed E-state index contributed by atoms with van der Waals surface area (Å²) in [5.74, 6) is -2.20. The van der Waals surface area contributed by atoms with Crippen LogP contribution in [0.2, 0.25) is 25.7 Å². The maximum atomic E-state index is 15.1. The summed E-state index contributed by atoms with van der Waals surface area (Å²) in [7, 11) is -5.84. The second-order valence-corrected chi connectivity index (χ2v) is 18.6. The van der Waals surface area contributed by atoms with Crippen LogP contribution >= 0.6 is 0 Å². The third kappa shape index (κ3) is 6.17. The van der Waals surface area contributed by atoms with Crippen molar-refractivity contribution in [2.75, 3.05) is 13.2 Å². The SMILES string of the molecule is C[Si](C)(C)CCOC[C@@H]1C[C@](c2cc(F)ccc2F)(S(=O)(=O)c2ccc(C(F)(F)F)cc2)CC[C@@H]1N. The van der Waals surface area contributed by atoms with Gasteiger partial charge in [-0.15, -0.1) is 0 Å². The van der Waals surface area contributed by atoms with Crippen LogP contribution in [0.15, 0.2) is 47.4 Å². The van der Waals surface area contributed by atoms with Crippen LogP contribution < -0.4 is 5.73 Å². The van der Waals surface area contributed by atoms with E-state index >= 15 is 4.39 Å². The summed E-state index contributed by atoms with van der Waals surface area (Å²) >= 11 is 0. The molecule has 0 saturated heterocycles. The maximum absolute atomic E-state index is 15.1. The minimum atomic E-state index is -4.65. The van der Waals surface area contributed by atoms with Crippen LogP contribution in [0.1, 0.15) is 30.4 Å². The first kappa shape index (κ1) is 28.7. The number of hydrogen-bond acceptors (Lipinski definition) is 4. The van der Waals surface area contributed by atoms with E-state index in [4.69, 9.17) is 10.5 Å². The van der Waals surface area contributed by atoms with Gasteiger partial charge in [0.1, 0.15) is 16.4 Å². The lowest BCUT2D eigenvalue weighted by atomic mass is 9.74. The van der Waals surface area contributed by atoms with Crippen LogP contribution in [-0.4, -0.2) is 35.7 Å². The predicted molar refractivity (Wildman–Crippen MR) is 131 cm³/mol. The monoisotopic (exact) mass is 549 g/mol. The molecule has 1 aliphatic carbocycles. The summed E-state index contributed by atoms with van der Waals surface area (Å²) in [5, 5.41) is 0. The number of sulfone groups is 1. The van der Waals surface area contributed by atoms with Crippen molar-refractivity contribution in [3.8, 4) is 0 Å². The molecule has 0 radical (unpaired) electrons. The van der Waals surface area contributed by atoms with Crippen LogP contribution in [0.25, 0.3) is 0 Å². The van der Waals surface area contributed by atoms with Crippen LogP contribution in [0, 0.1) is 17.6 Å². The molecular formula is C25H32F5NO3SSi. The van der Waals surface area contributed by atoms with Gasteiger partial charge in [-0.05, 0) is 73.7 Å². The average molecular weight is 550 g/mol. The van der Waals surface area contributed by atoms with E-state index in [1.54, 1.807) is 0 Å². The van der Waals surface area contributed by atoms with Crippen LogP contribution in [0.3, 0.4) is 0 Å². The Balaban J connectivity index is 2.04. The van der Waals surface area contributed by atoms with Crippen molar-refractivity contribution in [3.05, 3.63) is 65.2 Å². The number of rotatable bonds is 8. The Labute approximate surface area is 210 Å². The number of hydrogen-bond donors (Lipinski definition) is 1. The van der Waals surface area contributed by atoms with Gasteiger partial charge in [-0.1, -0.05) is 19.6 Å². The number of ether oxygens (including phenoxy) is 1. The molecule has 0 aliphatic heterocycles. The normalized spacial score (nSPS) is 23.6. The lowest BCUT2D eigenvalue weighted by molar-refractivity contribution is -0.137.